The number of imide groups is 1. The maximum Gasteiger partial charge on any atom is 0.420 e. The van der Waals surface area contributed by atoms with Gasteiger partial charge in [-0.25, -0.2) is 14.5 Å². The van der Waals surface area contributed by atoms with Crippen molar-refractivity contribution in [2.45, 2.75) is 19.9 Å². The van der Waals surface area contributed by atoms with E-state index in [4.69, 9.17) is 9.47 Å². The van der Waals surface area contributed by atoms with Crippen LogP contribution in [-0.2, 0) is 9.47 Å². The van der Waals surface area contributed by atoms with Crippen LogP contribution in [-0.4, -0.2) is 35.2 Å². The molecule has 0 radical (unpaired) electrons. The highest BCUT2D eigenvalue weighted by molar-refractivity contribution is 5.88. The summed E-state index contributed by atoms with van der Waals surface area (Å²) < 4.78 is 9.73. The van der Waals surface area contributed by atoms with Gasteiger partial charge in [0, 0.05) is 12.1 Å². The van der Waals surface area contributed by atoms with Crippen molar-refractivity contribution in [2.24, 2.45) is 0 Å². The molecule has 0 spiro atoms. The molecule has 2 amide bonds. The van der Waals surface area contributed by atoms with E-state index < -0.39 is 23.2 Å². The predicted molar refractivity (Wildman–Crippen MR) is 81.9 cm³/mol. The zero-order chi connectivity index (χ0) is 17.4. The summed E-state index contributed by atoms with van der Waals surface area (Å²) in [5.41, 5.74) is 0.264. The fourth-order valence-corrected chi connectivity index (χ4v) is 1.83. The van der Waals surface area contributed by atoms with Crippen LogP contribution in [0.2, 0.25) is 0 Å². The molecule has 23 heavy (non-hydrogen) atoms. The molecule has 1 atom stereocenters. The van der Waals surface area contributed by atoms with Gasteiger partial charge in [-0.15, -0.1) is 0 Å². The van der Waals surface area contributed by atoms with Crippen LogP contribution in [0.5, 0.6) is 0 Å². The molecule has 0 aliphatic carbocycles. The van der Waals surface area contributed by atoms with Gasteiger partial charge in [-0.05, 0) is 19.4 Å². The number of hydrogen-bond acceptors (Lipinski definition) is 6. The Bertz CT molecular complexity index is 601. The minimum atomic E-state index is -0.914. The third-order valence-electron chi connectivity index (χ3n) is 2.94. The SMILES string of the molecule is C=CCOC(=O)N(C(=O)OCC)C(C)c1cccc([N+](=O)[O-])c1. The van der Waals surface area contributed by atoms with Crippen LogP contribution in [0.1, 0.15) is 25.5 Å². The molecule has 0 aliphatic heterocycles. The van der Waals surface area contributed by atoms with E-state index in [1.165, 1.54) is 24.3 Å². The molecular weight excluding hydrogens is 304 g/mol. The lowest BCUT2D eigenvalue weighted by molar-refractivity contribution is -0.384. The third kappa shape index (κ3) is 4.80. The van der Waals surface area contributed by atoms with Crippen molar-refractivity contribution in [3.63, 3.8) is 0 Å². The fraction of sp³-hybridized carbons (Fsp3) is 0.333. The van der Waals surface area contributed by atoms with Crippen LogP contribution < -0.4 is 0 Å². The Kier molecular flexibility index (Phi) is 6.72. The second-order valence-electron chi connectivity index (χ2n) is 4.46. The standard InChI is InChI=1S/C15H18N2O6/c1-4-9-23-15(19)16(14(18)22-5-2)11(3)12-7-6-8-13(10-12)17(20)21/h4,6-8,10-11H,1,5,9H2,2-3H3. The smallest absolute Gasteiger partial charge is 0.420 e. The number of carbonyl (C=O) groups is 2. The van der Waals surface area contributed by atoms with Crippen molar-refractivity contribution in [3.8, 4) is 0 Å². The topological polar surface area (TPSA) is 99.0 Å². The van der Waals surface area contributed by atoms with E-state index in [9.17, 15) is 19.7 Å². The van der Waals surface area contributed by atoms with E-state index in [0.717, 1.165) is 4.90 Å². The van der Waals surface area contributed by atoms with Gasteiger partial charge in [0.05, 0.1) is 17.6 Å². The van der Waals surface area contributed by atoms with Crippen molar-refractivity contribution in [2.75, 3.05) is 13.2 Å². The molecule has 1 aromatic rings. The first-order valence-corrected chi connectivity index (χ1v) is 6.90. The van der Waals surface area contributed by atoms with Crippen LogP contribution in [0.15, 0.2) is 36.9 Å². The first kappa shape index (κ1) is 18.1. The molecule has 0 aliphatic rings. The van der Waals surface area contributed by atoms with Gasteiger partial charge in [0.15, 0.2) is 0 Å². The van der Waals surface area contributed by atoms with E-state index >= 15 is 0 Å². The second kappa shape index (κ2) is 8.52. The van der Waals surface area contributed by atoms with Crippen LogP contribution in [0.4, 0.5) is 15.3 Å². The zero-order valence-electron chi connectivity index (χ0n) is 12.9. The number of benzene rings is 1. The molecule has 1 rings (SSSR count). The third-order valence-corrected chi connectivity index (χ3v) is 2.94. The summed E-state index contributed by atoms with van der Waals surface area (Å²) in [6, 6.07) is 4.86. The van der Waals surface area contributed by atoms with Gasteiger partial charge in [-0.2, -0.15) is 0 Å². The monoisotopic (exact) mass is 322 g/mol. The largest absolute Gasteiger partial charge is 0.449 e. The lowest BCUT2D eigenvalue weighted by atomic mass is 10.1. The Morgan fingerprint density at radius 3 is 2.61 bits per heavy atom. The highest BCUT2D eigenvalue weighted by atomic mass is 16.6. The van der Waals surface area contributed by atoms with Crippen molar-refractivity contribution in [1.29, 1.82) is 0 Å². The Morgan fingerprint density at radius 1 is 1.39 bits per heavy atom. The molecular formula is C15H18N2O6. The average molecular weight is 322 g/mol. The van der Waals surface area contributed by atoms with E-state index in [0.29, 0.717) is 5.56 Å². The molecule has 8 heteroatoms. The molecule has 0 saturated carbocycles. The molecule has 0 aromatic heterocycles. The van der Waals surface area contributed by atoms with E-state index in [-0.39, 0.29) is 18.9 Å². The molecule has 1 unspecified atom stereocenters. The van der Waals surface area contributed by atoms with Crippen molar-refractivity contribution >= 4 is 17.9 Å². The normalized spacial score (nSPS) is 11.2. The van der Waals surface area contributed by atoms with Crippen LogP contribution in [0.3, 0.4) is 0 Å². The van der Waals surface area contributed by atoms with Gasteiger partial charge < -0.3 is 9.47 Å². The van der Waals surface area contributed by atoms with E-state index in [1.54, 1.807) is 19.9 Å². The Morgan fingerprint density at radius 2 is 2.04 bits per heavy atom. The number of amides is 2. The number of hydrogen-bond donors (Lipinski definition) is 0. The number of nitrogens with zero attached hydrogens (tertiary/aromatic N) is 2. The van der Waals surface area contributed by atoms with Crippen molar-refractivity contribution in [1.82, 2.24) is 4.90 Å². The van der Waals surface area contributed by atoms with Crippen LogP contribution in [0.25, 0.3) is 0 Å². The fourth-order valence-electron chi connectivity index (χ4n) is 1.83. The molecule has 8 nitrogen and oxygen atoms in total. The Hall–Kier alpha value is -2.90. The summed E-state index contributed by atoms with van der Waals surface area (Å²) in [7, 11) is 0. The quantitative estimate of drug-likeness (QED) is 0.452. The van der Waals surface area contributed by atoms with Gasteiger partial charge in [-0.1, -0.05) is 24.8 Å². The molecule has 0 fully saturated rings. The minimum absolute atomic E-state index is 0.0730. The van der Waals surface area contributed by atoms with E-state index in [1.807, 2.05) is 0 Å². The number of ether oxygens (including phenoxy) is 2. The van der Waals surface area contributed by atoms with Gasteiger partial charge in [0.2, 0.25) is 0 Å². The van der Waals surface area contributed by atoms with E-state index in [2.05, 4.69) is 6.58 Å². The molecule has 0 N–H and O–H groups in total. The zero-order valence-corrected chi connectivity index (χ0v) is 12.9. The van der Waals surface area contributed by atoms with Crippen molar-refractivity contribution in [3.05, 3.63) is 52.6 Å². The second-order valence-corrected chi connectivity index (χ2v) is 4.46. The molecule has 0 heterocycles. The highest BCUT2D eigenvalue weighted by Crippen LogP contribution is 2.25. The predicted octanol–water partition coefficient (Wildman–Crippen LogP) is 3.44. The molecule has 1 aromatic carbocycles. The summed E-state index contributed by atoms with van der Waals surface area (Å²) in [5.74, 6) is 0. The molecule has 0 bridgehead atoms. The molecule has 0 saturated heterocycles. The lowest BCUT2D eigenvalue weighted by Gasteiger charge is -2.25. The minimum Gasteiger partial charge on any atom is -0.449 e. The Labute approximate surface area is 133 Å². The highest BCUT2D eigenvalue weighted by Gasteiger charge is 2.31. The summed E-state index contributed by atoms with van der Waals surface area (Å²) in [6.07, 6.45) is -0.442. The summed E-state index contributed by atoms with van der Waals surface area (Å²) in [4.78, 5) is 35.2. The summed E-state index contributed by atoms with van der Waals surface area (Å²) in [5, 5.41) is 10.9. The van der Waals surface area contributed by atoms with Gasteiger partial charge in [-0.3, -0.25) is 10.1 Å². The average Bonchev–Trinajstić information content (AvgIpc) is 2.53. The Balaban J connectivity index is 3.11. The summed E-state index contributed by atoms with van der Waals surface area (Å²) in [6.45, 7) is 6.57. The van der Waals surface area contributed by atoms with Gasteiger partial charge in [0.1, 0.15) is 6.61 Å². The van der Waals surface area contributed by atoms with Crippen molar-refractivity contribution < 1.29 is 24.0 Å². The number of nitro benzene ring substituents is 1. The lowest BCUT2D eigenvalue weighted by Crippen LogP contribution is -2.39. The van der Waals surface area contributed by atoms with Crippen LogP contribution in [0, 0.1) is 10.1 Å². The van der Waals surface area contributed by atoms with Gasteiger partial charge >= 0.3 is 12.2 Å². The number of nitro groups is 1. The maximum atomic E-state index is 12.1. The number of carbonyl (C=O) groups excluding carboxylic acids is 2. The first-order valence-electron chi connectivity index (χ1n) is 6.90. The maximum absolute atomic E-state index is 12.1. The number of non-ortho nitro benzene ring substituents is 1. The summed E-state index contributed by atoms with van der Waals surface area (Å²) >= 11 is 0. The van der Waals surface area contributed by atoms with Gasteiger partial charge in [0.25, 0.3) is 5.69 Å². The number of rotatable bonds is 6. The first-order chi connectivity index (χ1) is 10.9. The van der Waals surface area contributed by atoms with Crippen LogP contribution >= 0.6 is 0 Å². The molecule has 124 valence electrons.